The Morgan fingerprint density at radius 1 is 1.29 bits per heavy atom. The number of anilines is 2. The standard InChI is InChI=1S/C18H15N5O/c1-11(24)22-13-6-4-12(5-7-13)14-9-17(16-3-2-8-21-16)23-18(20)15(14)10-19/h2-9,21H,1H3,(H2,20,23)(H,22,24). The van der Waals surface area contributed by atoms with Crippen LogP contribution in [0.1, 0.15) is 12.5 Å². The minimum Gasteiger partial charge on any atom is -0.383 e. The highest BCUT2D eigenvalue weighted by Gasteiger charge is 2.13. The Labute approximate surface area is 139 Å². The average molecular weight is 317 g/mol. The van der Waals surface area contributed by atoms with Crippen molar-refractivity contribution in [1.29, 1.82) is 5.26 Å². The third-order valence-corrected chi connectivity index (χ3v) is 3.55. The van der Waals surface area contributed by atoms with Gasteiger partial charge in [0.2, 0.25) is 5.91 Å². The van der Waals surface area contributed by atoms with Crippen molar-refractivity contribution in [3.8, 4) is 28.6 Å². The third-order valence-electron chi connectivity index (χ3n) is 3.55. The van der Waals surface area contributed by atoms with Gasteiger partial charge in [-0.3, -0.25) is 4.79 Å². The second-order valence-corrected chi connectivity index (χ2v) is 5.27. The van der Waals surface area contributed by atoms with Gasteiger partial charge >= 0.3 is 0 Å². The second-order valence-electron chi connectivity index (χ2n) is 5.27. The monoisotopic (exact) mass is 317 g/mol. The van der Waals surface area contributed by atoms with Gasteiger partial charge in [0.1, 0.15) is 17.5 Å². The van der Waals surface area contributed by atoms with Crippen molar-refractivity contribution in [3.63, 3.8) is 0 Å². The summed E-state index contributed by atoms with van der Waals surface area (Å²) in [5.74, 6) is 0.0492. The number of hydrogen-bond acceptors (Lipinski definition) is 4. The van der Waals surface area contributed by atoms with Gasteiger partial charge in [0.15, 0.2) is 0 Å². The molecule has 0 aliphatic carbocycles. The molecule has 0 saturated heterocycles. The first-order valence-corrected chi connectivity index (χ1v) is 7.31. The number of carbonyl (C=O) groups is 1. The minimum atomic E-state index is -0.136. The largest absolute Gasteiger partial charge is 0.383 e. The average Bonchev–Trinajstić information content (AvgIpc) is 3.09. The van der Waals surface area contributed by atoms with Gasteiger partial charge in [-0.05, 0) is 35.9 Å². The van der Waals surface area contributed by atoms with E-state index in [4.69, 9.17) is 5.73 Å². The number of pyridine rings is 1. The number of aromatic amines is 1. The van der Waals surface area contributed by atoms with E-state index in [0.29, 0.717) is 22.5 Å². The molecule has 0 unspecified atom stereocenters. The summed E-state index contributed by atoms with van der Waals surface area (Å²) in [7, 11) is 0. The van der Waals surface area contributed by atoms with Crippen molar-refractivity contribution in [1.82, 2.24) is 9.97 Å². The van der Waals surface area contributed by atoms with Crippen molar-refractivity contribution in [3.05, 3.63) is 54.2 Å². The van der Waals surface area contributed by atoms with Crippen LogP contribution in [0.3, 0.4) is 0 Å². The number of amides is 1. The van der Waals surface area contributed by atoms with Gasteiger partial charge in [-0.15, -0.1) is 0 Å². The maximum absolute atomic E-state index is 11.1. The lowest BCUT2D eigenvalue weighted by Crippen LogP contribution is -2.05. The first-order chi connectivity index (χ1) is 11.6. The van der Waals surface area contributed by atoms with Crippen LogP contribution in [0, 0.1) is 11.3 Å². The van der Waals surface area contributed by atoms with Crippen LogP contribution in [0.5, 0.6) is 0 Å². The summed E-state index contributed by atoms with van der Waals surface area (Å²) in [5, 5.41) is 12.1. The molecule has 1 amide bonds. The quantitative estimate of drug-likeness (QED) is 0.689. The first kappa shape index (κ1) is 15.3. The molecular formula is C18H15N5O. The van der Waals surface area contributed by atoms with E-state index in [-0.39, 0.29) is 11.7 Å². The highest BCUT2D eigenvalue weighted by Crippen LogP contribution is 2.31. The fourth-order valence-corrected chi connectivity index (χ4v) is 2.47. The van der Waals surface area contributed by atoms with E-state index in [1.807, 2.05) is 30.3 Å². The van der Waals surface area contributed by atoms with Gasteiger partial charge in [-0.1, -0.05) is 12.1 Å². The van der Waals surface area contributed by atoms with Crippen LogP contribution in [-0.4, -0.2) is 15.9 Å². The molecule has 1 aromatic carbocycles. The lowest BCUT2D eigenvalue weighted by atomic mass is 9.99. The normalized spacial score (nSPS) is 10.2. The second kappa shape index (κ2) is 6.26. The van der Waals surface area contributed by atoms with Crippen molar-refractivity contribution in [2.24, 2.45) is 0 Å². The van der Waals surface area contributed by atoms with Crippen molar-refractivity contribution in [2.75, 3.05) is 11.1 Å². The fraction of sp³-hybridized carbons (Fsp3) is 0.0556. The van der Waals surface area contributed by atoms with E-state index in [0.717, 1.165) is 11.3 Å². The molecule has 0 saturated carbocycles. The predicted octanol–water partition coefficient (Wildman–Crippen LogP) is 3.16. The molecule has 4 N–H and O–H groups in total. The van der Waals surface area contributed by atoms with E-state index >= 15 is 0 Å². The Morgan fingerprint density at radius 2 is 2.04 bits per heavy atom. The zero-order valence-corrected chi connectivity index (χ0v) is 13.0. The van der Waals surface area contributed by atoms with Gasteiger partial charge < -0.3 is 16.0 Å². The van der Waals surface area contributed by atoms with Gasteiger partial charge in [0, 0.05) is 24.4 Å². The SMILES string of the molecule is CC(=O)Nc1ccc(-c2cc(-c3ccc[nH]3)nc(N)c2C#N)cc1. The Balaban J connectivity index is 2.09. The van der Waals surface area contributed by atoms with Crippen LogP contribution in [0.25, 0.3) is 22.5 Å². The molecule has 2 heterocycles. The molecule has 2 aromatic heterocycles. The lowest BCUT2D eigenvalue weighted by Gasteiger charge is -2.10. The number of aromatic nitrogens is 2. The number of rotatable bonds is 3. The number of nitrogens with two attached hydrogens (primary N) is 1. The van der Waals surface area contributed by atoms with Crippen molar-refractivity contribution >= 4 is 17.4 Å². The molecule has 3 rings (SSSR count). The summed E-state index contributed by atoms with van der Waals surface area (Å²) >= 11 is 0. The smallest absolute Gasteiger partial charge is 0.221 e. The molecule has 118 valence electrons. The maximum Gasteiger partial charge on any atom is 0.221 e. The first-order valence-electron chi connectivity index (χ1n) is 7.31. The molecule has 0 bridgehead atoms. The molecule has 0 fully saturated rings. The van der Waals surface area contributed by atoms with Gasteiger partial charge in [-0.25, -0.2) is 4.98 Å². The summed E-state index contributed by atoms with van der Waals surface area (Å²) in [4.78, 5) is 18.5. The van der Waals surface area contributed by atoms with Gasteiger partial charge in [-0.2, -0.15) is 5.26 Å². The number of nitriles is 1. The molecule has 3 aromatic rings. The third kappa shape index (κ3) is 2.96. The molecule has 0 aliphatic rings. The number of H-pyrrole nitrogens is 1. The molecular weight excluding hydrogens is 302 g/mol. The summed E-state index contributed by atoms with van der Waals surface area (Å²) < 4.78 is 0. The number of nitrogens with one attached hydrogen (secondary N) is 2. The fourth-order valence-electron chi connectivity index (χ4n) is 2.47. The van der Waals surface area contributed by atoms with Gasteiger partial charge in [0.25, 0.3) is 0 Å². The number of hydrogen-bond donors (Lipinski definition) is 3. The Morgan fingerprint density at radius 3 is 2.62 bits per heavy atom. The lowest BCUT2D eigenvalue weighted by molar-refractivity contribution is -0.114. The van der Waals surface area contributed by atoms with Crippen LogP contribution >= 0.6 is 0 Å². The van der Waals surface area contributed by atoms with Crippen molar-refractivity contribution in [2.45, 2.75) is 6.92 Å². The van der Waals surface area contributed by atoms with Crippen LogP contribution in [0.4, 0.5) is 11.5 Å². The minimum absolute atomic E-state index is 0.136. The van der Waals surface area contributed by atoms with E-state index in [9.17, 15) is 10.1 Å². The zero-order chi connectivity index (χ0) is 17.1. The zero-order valence-electron chi connectivity index (χ0n) is 13.0. The number of nitrogen functional groups attached to an aromatic ring is 1. The molecule has 0 aliphatic heterocycles. The van der Waals surface area contributed by atoms with Crippen LogP contribution in [0.15, 0.2) is 48.7 Å². The predicted molar refractivity (Wildman–Crippen MR) is 92.9 cm³/mol. The summed E-state index contributed by atoms with van der Waals surface area (Å²) in [6.45, 7) is 1.45. The molecule has 24 heavy (non-hydrogen) atoms. The van der Waals surface area contributed by atoms with Crippen molar-refractivity contribution < 1.29 is 4.79 Å². The molecule has 0 radical (unpaired) electrons. The Kier molecular flexibility index (Phi) is 4.00. The Bertz CT molecular complexity index is 921. The molecule has 0 atom stereocenters. The summed E-state index contributed by atoms with van der Waals surface area (Å²) in [6, 6.07) is 14.9. The number of benzene rings is 1. The van der Waals surface area contributed by atoms with E-state index in [1.54, 1.807) is 18.3 Å². The maximum atomic E-state index is 11.1. The van der Waals surface area contributed by atoms with E-state index in [2.05, 4.69) is 21.4 Å². The molecule has 0 spiro atoms. The molecule has 6 nitrogen and oxygen atoms in total. The highest BCUT2D eigenvalue weighted by atomic mass is 16.1. The van der Waals surface area contributed by atoms with Crippen LogP contribution in [-0.2, 0) is 4.79 Å². The topological polar surface area (TPSA) is 108 Å². The number of nitrogens with zero attached hydrogens (tertiary/aromatic N) is 2. The summed E-state index contributed by atoms with van der Waals surface area (Å²) in [5.41, 5.74) is 10.00. The molecule has 6 heteroatoms. The number of carbonyl (C=O) groups excluding carboxylic acids is 1. The van der Waals surface area contributed by atoms with E-state index < -0.39 is 0 Å². The van der Waals surface area contributed by atoms with Gasteiger partial charge in [0.05, 0.1) is 11.4 Å². The highest BCUT2D eigenvalue weighted by molar-refractivity contribution is 5.89. The van der Waals surface area contributed by atoms with Crippen LogP contribution in [0.2, 0.25) is 0 Å². The summed E-state index contributed by atoms with van der Waals surface area (Å²) in [6.07, 6.45) is 1.80. The van der Waals surface area contributed by atoms with Crippen LogP contribution < -0.4 is 11.1 Å². The Hall–Kier alpha value is -3.59. The van der Waals surface area contributed by atoms with E-state index in [1.165, 1.54) is 6.92 Å².